The Morgan fingerprint density at radius 1 is 1.03 bits per heavy atom. The number of halogens is 3. The SMILES string of the molecule is O=C(O)c1ccc(OCCCCc2cc(-c3ccc(C(F)(F)F)cc3)no2)cc1. The average Bonchev–Trinajstić information content (AvgIpc) is 3.16. The highest BCUT2D eigenvalue weighted by Gasteiger charge is 2.30. The summed E-state index contributed by atoms with van der Waals surface area (Å²) in [6, 6.07) is 12.7. The first-order valence-electron chi connectivity index (χ1n) is 8.92. The van der Waals surface area contributed by atoms with Crippen molar-refractivity contribution in [2.45, 2.75) is 25.4 Å². The van der Waals surface area contributed by atoms with Crippen molar-refractivity contribution in [1.82, 2.24) is 5.16 Å². The Morgan fingerprint density at radius 2 is 1.72 bits per heavy atom. The van der Waals surface area contributed by atoms with Gasteiger partial charge in [-0.05, 0) is 49.2 Å². The summed E-state index contributed by atoms with van der Waals surface area (Å²) in [5, 5.41) is 12.8. The molecule has 0 aliphatic heterocycles. The number of aryl methyl sites for hydroxylation is 1. The van der Waals surface area contributed by atoms with Crippen molar-refractivity contribution in [3.8, 4) is 17.0 Å². The van der Waals surface area contributed by atoms with Gasteiger partial charge in [0.25, 0.3) is 0 Å². The molecule has 29 heavy (non-hydrogen) atoms. The van der Waals surface area contributed by atoms with Gasteiger partial charge in [0.15, 0.2) is 0 Å². The lowest BCUT2D eigenvalue weighted by Gasteiger charge is -2.06. The second-order valence-corrected chi connectivity index (χ2v) is 6.39. The number of carboxylic acids is 1. The predicted octanol–water partition coefficient (Wildman–Crippen LogP) is 5.46. The molecule has 1 aromatic heterocycles. The molecule has 0 aliphatic carbocycles. The average molecular weight is 405 g/mol. The van der Waals surface area contributed by atoms with E-state index in [0.717, 1.165) is 25.0 Å². The Balaban J connectivity index is 1.44. The lowest BCUT2D eigenvalue weighted by Crippen LogP contribution is -2.03. The number of aromatic carboxylic acids is 1. The first kappa shape index (κ1) is 20.4. The van der Waals surface area contributed by atoms with E-state index in [-0.39, 0.29) is 5.56 Å². The van der Waals surface area contributed by atoms with Gasteiger partial charge >= 0.3 is 12.1 Å². The van der Waals surface area contributed by atoms with Gasteiger partial charge in [0.1, 0.15) is 17.2 Å². The summed E-state index contributed by atoms with van der Waals surface area (Å²) < 4.78 is 48.7. The molecule has 0 amide bonds. The summed E-state index contributed by atoms with van der Waals surface area (Å²) in [5.74, 6) is 0.254. The standard InChI is InChI=1S/C21H18F3NO4/c22-21(23,24)16-8-4-14(5-9-16)19-13-18(29-25-19)3-1-2-12-28-17-10-6-15(7-11-17)20(26)27/h4-11,13H,1-3,12H2,(H,26,27). The van der Waals surface area contributed by atoms with Crippen molar-refractivity contribution in [1.29, 1.82) is 0 Å². The highest BCUT2D eigenvalue weighted by Crippen LogP contribution is 2.31. The lowest BCUT2D eigenvalue weighted by atomic mass is 10.1. The van der Waals surface area contributed by atoms with Crippen molar-refractivity contribution < 1.29 is 32.3 Å². The molecule has 5 nitrogen and oxygen atoms in total. The smallest absolute Gasteiger partial charge is 0.416 e. The summed E-state index contributed by atoms with van der Waals surface area (Å²) in [6.07, 6.45) is -2.23. The van der Waals surface area contributed by atoms with E-state index in [1.807, 2.05) is 0 Å². The second kappa shape index (κ2) is 8.81. The third-order valence-electron chi connectivity index (χ3n) is 4.25. The Kier molecular flexibility index (Phi) is 6.21. The van der Waals surface area contributed by atoms with Gasteiger partial charge in [0, 0.05) is 18.1 Å². The van der Waals surface area contributed by atoms with Crippen LogP contribution < -0.4 is 4.74 Å². The van der Waals surface area contributed by atoms with Crippen LogP contribution in [-0.4, -0.2) is 22.8 Å². The van der Waals surface area contributed by atoms with E-state index in [1.54, 1.807) is 18.2 Å². The van der Waals surface area contributed by atoms with Crippen LogP contribution in [0.15, 0.2) is 59.1 Å². The fraction of sp³-hybridized carbons (Fsp3) is 0.238. The molecule has 3 aromatic rings. The number of carboxylic acid groups (broad SMARTS) is 1. The third kappa shape index (κ3) is 5.60. The van der Waals surface area contributed by atoms with Gasteiger partial charge in [-0.3, -0.25) is 0 Å². The Morgan fingerprint density at radius 3 is 2.34 bits per heavy atom. The molecule has 0 spiro atoms. The first-order chi connectivity index (χ1) is 13.8. The number of carbonyl (C=O) groups is 1. The molecule has 0 bridgehead atoms. The fourth-order valence-electron chi connectivity index (χ4n) is 2.68. The number of alkyl halides is 3. The molecular formula is C21H18F3NO4. The van der Waals surface area contributed by atoms with E-state index in [1.165, 1.54) is 24.3 Å². The van der Waals surface area contributed by atoms with Gasteiger partial charge in [0.2, 0.25) is 0 Å². The highest BCUT2D eigenvalue weighted by atomic mass is 19.4. The molecular weight excluding hydrogens is 387 g/mol. The van der Waals surface area contributed by atoms with Crippen LogP contribution in [0.4, 0.5) is 13.2 Å². The summed E-state index contributed by atoms with van der Waals surface area (Å²) in [6.45, 7) is 0.465. The number of rotatable bonds is 8. The zero-order valence-corrected chi connectivity index (χ0v) is 15.3. The number of hydrogen-bond acceptors (Lipinski definition) is 4. The molecule has 0 fully saturated rings. The summed E-state index contributed by atoms with van der Waals surface area (Å²) in [4.78, 5) is 10.8. The molecule has 1 N–H and O–H groups in total. The van der Waals surface area contributed by atoms with E-state index in [0.29, 0.717) is 35.8 Å². The van der Waals surface area contributed by atoms with Crippen molar-refractivity contribution >= 4 is 5.97 Å². The molecule has 2 aromatic carbocycles. The topological polar surface area (TPSA) is 72.6 Å². The maximum Gasteiger partial charge on any atom is 0.416 e. The van der Waals surface area contributed by atoms with Crippen molar-refractivity contribution in [3.63, 3.8) is 0 Å². The Labute approximate surface area is 164 Å². The van der Waals surface area contributed by atoms with Crippen LogP contribution in [0.25, 0.3) is 11.3 Å². The normalized spacial score (nSPS) is 11.4. The van der Waals surface area contributed by atoms with Crippen LogP contribution in [0.2, 0.25) is 0 Å². The van der Waals surface area contributed by atoms with Crippen LogP contribution in [0.3, 0.4) is 0 Å². The molecule has 0 saturated heterocycles. The van der Waals surface area contributed by atoms with E-state index < -0.39 is 17.7 Å². The monoisotopic (exact) mass is 405 g/mol. The maximum atomic E-state index is 12.6. The van der Waals surface area contributed by atoms with E-state index >= 15 is 0 Å². The molecule has 8 heteroatoms. The van der Waals surface area contributed by atoms with Crippen molar-refractivity contribution in [3.05, 3.63) is 71.5 Å². The number of aromatic nitrogens is 1. The number of benzene rings is 2. The first-order valence-corrected chi connectivity index (χ1v) is 8.92. The van der Waals surface area contributed by atoms with Crippen LogP contribution in [0.1, 0.15) is 34.5 Å². The number of unbranched alkanes of at least 4 members (excludes halogenated alkanes) is 1. The number of ether oxygens (including phenoxy) is 1. The van der Waals surface area contributed by atoms with Crippen LogP contribution in [-0.2, 0) is 12.6 Å². The lowest BCUT2D eigenvalue weighted by molar-refractivity contribution is -0.137. The van der Waals surface area contributed by atoms with Crippen LogP contribution in [0, 0.1) is 0 Å². The van der Waals surface area contributed by atoms with Crippen LogP contribution in [0.5, 0.6) is 5.75 Å². The minimum absolute atomic E-state index is 0.200. The number of nitrogens with zero attached hydrogens (tertiary/aromatic N) is 1. The summed E-state index contributed by atoms with van der Waals surface area (Å²) >= 11 is 0. The van der Waals surface area contributed by atoms with Gasteiger partial charge < -0.3 is 14.4 Å². The van der Waals surface area contributed by atoms with Crippen LogP contribution >= 0.6 is 0 Å². The van der Waals surface area contributed by atoms with Gasteiger partial charge in [-0.25, -0.2) is 4.79 Å². The molecule has 3 rings (SSSR count). The highest BCUT2D eigenvalue weighted by molar-refractivity contribution is 5.87. The van der Waals surface area contributed by atoms with E-state index in [2.05, 4.69) is 5.16 Å². The molecule has 0 atom stereocenters. The fourth-order valence-corrected chi connectivity index (χ4v) is 2.68. The zero-order valence-electron chi connectivity index (χ0n) is 15.3. The van der Waals surface area contributed by atoms with Gasteiger partial charge in [0.05, 0.1) is 17.7 Å². The second-order valence-electron chi connectivity index (χ2n) is 6.39. The Bertz CT molecular complexity index is 947. The molecule has 0 aliphatic rings. The van der Waals surface area contributed by atoms with Gasteiger partial charge in [-0.15, -0.1) is 0 Å². The van der Waals surface area contributed by atoms with Crippen molar-refractivity contribution in [2.24, 2.45) is 0 Å². The maximum absolute atomic E-state index is 12.6. The van der Waals surface area contributed by atoms with Gasteiger partial charge in [-0.1, -0.05) is 17.3 Å². The molecule has 152 valence electrons. The molecule has 0 saturated carbocycles. The zero-order chi connectivity index (χ0) is 20.9. The molecule has 0 unspecified atom stereocenters. The summed E-state index contributed by atoms with van der Waals surface area (Å²) in [5.41, 5.74) is 0.540. The number of hydrogen-bond donors (Lipinski definition) is 1. The van der Waals surface area contributed by atoms with E-state index in [4.69, 9.17) is 14.4 Å². The largest absolute Gasteiger partial charge is 0.494 e. The minimum Gasteiger partial charge on any atom is -0.494 e. The quantitative estimate of drug-likeness (QED) is 0.504. The minimum atomic E-state index is -4.37. The van der Waals surface area contributed by atoms with Crippen molar-refractivity contribution in [2.75, 3.05) is 6.61 Å². The third-order valence-corrected chi connectivity index (χ3v) is 4.25. The Hall–Kier alpha value is -3.29. The molecule has 0 radical (unpaired) electrons. The van der Waals surface area contributed by atoms with Gasteiger partial charge in [-0.2, -0.15) is 13.2 Å². The molecule has 1 heterocycles. The predicted molar refractivity (Wildman–Crippen MR) is 98.8 cm³/mol. The van der Waals surface area contributed by atoms with E-state index in [9.17, 15) is 18.0 Å². The summed E-state index contributed by atoms with van der Waals surface area (Å²) in [7, 11) is 0.